The Bertz CT molecular complexity index is 1800. The Morgan fingerprint density at radius 2 is 1.47 bits per heavy atom. The fraction of sp³-hybridized carbons (Fsp3) is 0. The number of nitrogens with zero attached hydrogens (tertiary/aromatic N) is 3. The van der Waals surface area contributed by atoms with Crippen LogP contribution in [0.5, 0.6) is 0 Å². The maximum absolute atomic E-state index is 6.47. The van der Waals surface area contributed by atoms with Crippen molar-refractivity contribution >= 4 is 32.8 Å². The summed E-state index contributed by atoms with van der Waals surface area (Å²) in [5.74, 6) is 1.72. The van der Waals surface area contributed by atoms with Crippen molar-refractivity contribution in [2.45, 2.75) is 0 Å². The van der Waals surface area contributed by atoms with Gasteiger partial charge in [0.05, 0.1) is 27.8 Å². The van der Waals surface area contributed by atoms with Gasteiger partial charge >= 0.3 is 0 Å². The Hall–Kier alpha value is -4.70. The zero-order valence-corrected chi connectivity index (χ0v) is 18.2. The van der Waals surface area contributed by atoms with E-state index in [0.717, 1.165) is 61.3 Å². The van der Waals surface area contributed by atoms with Crippen molar-refractivity contribution in [2.24, 2.45) is 0 Å². The molecule has 0 atom stereocenters. The van der Waals surface area contributed by atoms with Gasteiger partial charge in [-0.2, -0.15) is 0 Å². The van der Waals surface area contributed by atoms with Crippen LogP contribution in [0.15, 0.2) is 120 Å². The van der Waals surface area contributed by atoms with Crippen LogP contribution >= 0.6 is 0 Å². The number of para-hydroxylation sites is 1. The Labute approximate surface area is 195 Å². The molecule has 4 heterocycles. The fourth-order valence-corrected chi connectivity index (χ4v) is 4.75. The van der Waals surface area contributed by atoms with Gasteiger partial charge < -0.3 is 4.42 Å². The zero-order valence-electron chi connectivity index (χ0n) is 18.2. The highest BCUT2D eigenvalue weighted by Gasteiger charge is 2.18. The molecule has 34 heavy (non-hydrogen) atoms. The molecule has 0 unspecified atom stereocenters. The van der Waals surface area contributed by atoms with E-state index in [2.05, 4.69) is 64.1 Å². The summed E-state index contributed by atoms with van der Waals surface area (Å²) >= 11 is 0. The van der Waals surface area contributed by atoms with Crippen molar-refractivity contribution in [3.05, 3.63) is 115 Å². The second-order valence-corrected chi connectivity index (χ2v) is 8.30. The van der Waals surface area contributed by atoms with E-state index in [4.69, 9.17) is 9.40 Å². The van der Waals surface area contributed by atoms with Crippen LogP contribution in [0.1, 0.15) is 0 Å². The minimum absolute atomic E-state index is 0.842. The minimum Gasteiger partial charge on any atom is -0.455 e. The van der Waals surface area contributed by atoms with Gasteiger partial charge in [0.1, 0.15) is 17.2 Å². The quantitative estimate of drug-likeness (QED) is 0.285. The average Bonchev–Trinajstić information content (AvgIpc) is 3.49. The summed E-state index contributed by atoms with van der Waals surface area (Å²) in [6.07, 6.45) is 1.79. The second kappa shape index (κ2) is 7.42. The molecule has 4 nitrogen and oxygen atoms in total. The maximum Gasteiger partial charge on any atom is 0.144 e. The van der Waals surface area contributed by atoms with E-state index in [-0.39, 0.29) is 0 Å². The van der Waals surface area contributed by atoms with Crippen molar-refractivity contribution in [2.75, 3.05) is 0 Å². The van der Waals surface area contributed by atoms with Crippen LogP contribution in [-0.4, -0.2) is 14.5 Å². The SMILES string of the molecule is c1ccc(-c2cc3ccc4c(c5ccccc5n4-c4cccc(-c5ccccn5)n4)c3o2)cc1. The fourth-order valence-electron chi connectivity index (χ4n) is 4.75. The van der Waals surface area contributed by atoms with Gasteiger partial charge in [-0.1, -0.05) is 60.7 Å². The highest BCUT2D eigenvalue weighted by molar-refractivity contribution is 6.19. The molecule has 4 heteroatoms. The van der Waals surface area contributed by atoms with E-state index < -0.39 is 0 Å². The number of hydrogen-bond donors (Lipinski definition) is 0. The van der Waals surface area contributed by atoms with Crippen LogP contribution in [0.25, 0.3) is 61.3 Å². The lowest BCUT2D eigenvalue weighted by molar-refractivity contribution is 0.635. The van der Waals surface area contributed by atoms with E-state index >= 15 is 0 Å². The number of rotatable bonds is 3. The third kappa shape index (κ3) is 2.86. The monoisotopic (exact) mass is 437 g/mol. The molecule has 0 aliphatic carbocycles. The van der Waals surface area contributed by atoms with Crippen molar-refractivity contribution in [3.8, 4) is 28.5 Å². The van der Waals surface area contributed by atoms with Gasteiger partial charge in [0.15, 0.2) is 0 Å². The standard InChI is InChI=1S/C30H19N3O/c1-2-9-20(10-3-1)27-19-21-16-17-26-29(30(21)34-27)22-11-4-5-14-25(22)33(26)28-15-8-13-24(32-28)23-12-6-7-18-31-23/h1-19H. The van der Waals surface area contributed by atoms with Gasteiger partial charge in [-0.3, -0.25) is 9.55 Å². The predicted octanol–water partition coefficient (Wildman–Crippen LogP) is 7.65. The number of furan rings is 1. The maximum atomic E-state index is 6.47. The summed E-state index contributed by atoms with van der Waals surface area (Å²) in [6.45, 7) is 0. The lowest BCUT2D eigenvalue weighted by Gasteiger charge is -2.08. The highest BCUT2D eigenvalue weighted by atomic mass is 16.3. The smallest absolute Gasteiger partial charge is 0.144 e. The molecular weight excluding hydrogens is 418 g/mol. The van der Waals surface area contributed by atoms with E-state index in [0.29, 0.717) is 0 Å². The zero-order chi connectivity index (χ0) is 22.5. The molecule has 7 rings (SSSR count). The molecule has 0 fully saturated rings. The molecule has 0 saturated carbocycles. The highest BCUT2D eigenvalue weighted by Crippen LogP contribution is 2.39. The van der Waals surface area contributed by atoms with Gasteiger partial charge in [-0.15, -0.1) is 0 Å². The van der Waals surface area contributed by atoms with E-state index in [1.54, 1.807) is 6.20 Å². The largest absolute Gasteiger partial charge is 0.455 e. The van der Waals surface area contributed by atoms with Gasteiger partial charge in [0.2, 0.25) is 0 Å². The first-order chi connectivity index (χ1) is 16.9. The minimum atomic E-state index is 0.842. The molecule has 0 aliphatic heterocycles. The van der Waals surface area contributed by atoms with Crippen LogP contribution in [-0.2, 0) is 0 Å². The van der Waals surface area contributed by atoms with Crippen molar-refractivity contribution < 1.29 is 4.42 Å². The summed E-state index contributed by atoms with van der Waals surface area (Å²) in [7, 11) is 0. The van der Waals surface area contributed by atoms with Gasteiger partial charge in [0.25, 0.3) is 0 Å². The molecule has 0 radical (unpaired) electrons. The van der Waals surface area contributed by atoms with Crippen LogP contribution in [0.2, 0.25) is 0 Å². The number of aromatic nitrogens is 3. The van der Waals surface area contributed by atoms with Crippen molar-refractivity contribution in [3.63, 3.8) is 0 Å². The number of pyridine rings is 2. The first-order valence-corrected chi connectivity index (χ1v) is 11.3. The van der Waals surface area contributed by atoms with Crippen LogP contribution in [0.4, 0.5) is 0 Å². The Morgan fingerprint density at radius 3 is 2.35 bits per heavy atom. The summed E-state index contributed by atoms with van der Waals surface area (Å²) in [5.41, 5.74) is 5.81. The summed E-state index contributed by atoms with van der Waals surface area (Å²) in [5, 5.41) is 3.33. The van der Waals surface area contributed by atoms with E-state index in [1.165, 1.54) is 0 Å². The lowest BCUT2D eigenvalue weighted by atomic mass is 10.1. The molecule has 4 aromatic heterocycles. The molecule has 3 aromatic carbocycles. The van der Waals surface area contributed by atoms with Crippen molar-refractivity contribution in [1.82, 2.24) is 14.5 Å². The first-order valence-electron chi connectivity index (χ1n) is 11.3. The molecular formula is C30H19N3O. The molecule has 0 spiro atoms. The lowest BCUT2D eigenvalue weighted by Crippen LogP contribution is -1.98. The normalized spacial score (nSPS) is 11.5. The molecule has 0 amide bonds. The third-order valence-electron chi connectivity index (χ3n) is 6.27. The van der Waals surface area contributed by atoms with Crippen LogP contribution in [0, 0.1) is 0 Å². The average molecular weight is 438 g/mol. The summed E-state index contributed by atoms with van der Waals surface area (Å²) in [4.78, 5) is 9.47. The van der Waals surface area contributed by atoms with Crippen LogP contribution < -0.4 is 0 Å². The Morgan fingerprint density at radius 1 is 0.647 bits per heavy atom. The molecule has 0 bridgehead atoms. The summed E-state index contributed by atoms with van der Waals surface area (Å²) in [6, 6.07) is 37.0. The Balaban J connectivity index is 1.52. The molecule has 7 aromatic rings. The Kier molecular flexibility index (Phi) is 4.11. The van der Waals surface area contributed by atoms with Gasteiger partial charge in [-0.05, 0) is 48.5 Å². The molecule has 0 aliphatic rings. The molecule has 0 saturated heterocycles. The van der Waals surface area contributed by atoms with Crippen molar-refractivity contribution in [1.29, 1.82) is 0 Å². The van der Waals surface area contributed by atoms with Gasteiger partial charge in [-0.25, -0.2) is 4.98 Å². The topological polar surface area (TPSA) is 43.9 Å². The number of hydrogen-bond acceptors (Lipinski definition) is 3. The number of benzene rings is 3. The predicted molar refractivity (Wildman–Crippen MR) is 137 cm³/mol. The first kappa shape index (κ1) is 18.8. The van der Waals surface area contributed by atoms with E-state index in [9.17, 15) is 0 Å². The molecule has 160 valence electrons. The number of fused-ring (bicyclic) bond motifs is 5. The van der Waals surface area contributed by atoms with E-state index in [1.807, 2.05) is 54.6 Å². The second-order valence-electron chi connectivity index (χ2n) is 8.30. The third-order valence-corrected chi connectivity index (χ3v) is 6.27. The summed E-state index contributed by atoms with van der Waals surface area (Å²) < 4.78 is 8.68. The van der Waals surface area contributed by atoms with Gasteiger partial charge in [0, 0.05) is 22.5 Å². The molecule has 0 N–H and O–H groups in total. The van der Waals surface area contributed by atoms with Crippen LogP contribution in [0.3, 0.4) is 0 Å².